The second-order valence-electron chi connectivity index (χ2n) is 8.38. The maximum Gasteiger partial charge on any atom is 0.251 e. The summed E-state index contributed by atoms with van der Waals surface area (Å²) in [6, 6.07) is 19.1. The van der Waals surface area contributed by atoms with Crippen LogP contribution in [0.4, 0.5) is 11.4 Å². The van der Waals surface area contributed by atoms with Gasteiger partial charge in [-0.05, 0) is 63.1 Å². The molecule has 162 valence electrons. The molecule has 2 aromatic carbocycles. The van der Waals surface area contributed by atoms with Gasteiger partial charge in [-0.15, -0.1) is 0 Å². The monoisotopic (exact) mass is 408 g/mol. The fourth-order valence-corrected chi connectivity index (χ4v) is 3.91. The number of para-hydroxylation sites is 1. The Labute approximate surface area is 181 Å². The van der Waals surface area contributed by atoms with E-state index in [4.69, 9.17) is 0 Å². The van der Waals surface area contributed by atoms with Crippen molar-refractivity contribution >= 4 is 17.3 Å². The van der Waals surface area contributed by atoms with Crippen LogP contribution < -0.4 is 15.1 Å². The Balaban J connectivity index is 1.37. The largest absolute Gasteiger partial charge is 0.375 e. The van der Waals surface area contributed by atoms with E-state index in [1.807, 2.05) is 18.2 Å². The molecule has 1 amide bonds. The van der Waals surface area contributed by atoms with Crippen molar-refractivity contribution in [3.63, 3.8) is 0 Å². The van der Waals surface area contributed by atoms with Crippen LogP contribution in [0.25, 0.3) is 0 Å². The fraction of sp³-hybridized carbons (Fsp3) is 0.480. The highest BCUT2D eigenvalue weighted by atomic mass is 16.1. The van der Waals surface area contributed by atoms with Crippen LogP contribution in [0.15, 0.2) is 54.6 Å². The molecule has 0 atom stereocenters. The van der Waals surface area contributed by atoms with E-state index in [1.165, 1.54) is 11.4 Å². The summed E-state index contributed by atoms with van der Waals surface area (Å²) in [7, 11) is 2.11. The van der Waals surface area contributed by atoms with Gasteiger partial charge in [-0.1, -0.05) is 18.2 Å². The van der Waals surface area contributed by atoms with Crippen molar-refractivity contribution in [1.29, 1.82) is 0 Å². The maximum atomic E-state index is 12.4. The molecule has 0 aromatic heterocycles. The third-order valence-electron chi connectivity index (χ3n) is 5.94. The average Bonchev–Trinajstić information content (AvgIpc) is 2.79. The van der Waals surface area contributed by atoms with Gasteiger partial charge in [-0.2, -0.15) is 0 Å². The number of amides is 1. The van der Waals surface area contributed by atoms with Gasteiger partial charge in [0.2, 0.25) is 0 Å². The molecule has 2 aromatic rings. The molecule has 1 heterocycles. The molecule has 3 rings (SSSR count). The first-order chi connectivity index (χ1) is 14.5. The summed E-state index contributed by atoms with van der Waals surface area (Å²) in [6.07, 6.45) is 2.02. The number of carbonyl (C=O) groups is 1. The third-order valence-corrected chi connectivity index (χ3v) is 5.94. The zero-order valence-electron chi connectivity index (χ0n) is 18.7. The number of hydrogen-bond acceptors (Lipinski definition) is 4. The SMILES string of the molecule is CC(C)N1CCN(c2ccc(C(=O)NCCCCN(C)c3ccccc3)cc2)CC1. The van der Waals surface area contributed by atoms with Crippen molar-refractivity contribution in [2.24, 2.45) is 0 Å². The Morgan fingerprint density at radius 1 is 0.967 bits per heavy atom. The van der Waals surface area contributed by atoms with Gasteiger partial charge in [0.05, 0.1) is 0 Å². The Morgan fingerprint density at radius 2 is 1.63 bits per heavy atom. The number of rotatable bonds is 9. The zero-order chi connectivity index (χ0) is 21.3. The average molecular weight is 409 g/mol. The number of hydrogen-bond donors (Lipinski definition) is 1. The molecule has 1 aliphatic heterocycles. The second kappa shape index (κ2) is 11.0. The van der Waals surface area contributed by atoms with Gasteiger partial charge in [0.15, 0.2) is 0 Å². The fourth-order valence-electron chi connectivity index (χ4n) is 3.91. The molecule has 0 saturated carbocycles. The molecule has 1 N–H and O–H groups in total. The van der Waals surface area contributed by atoms with Crippen molar-refractivity contribution in [2.45, 2.75) is 32.7 Å². The van der Waals surface area contributed by atoms with Crippen LogP contribution in [0, 0.1) is 0 Å². The molecule has 5 nitrogen and oxygen atoms in total. The van der Waals surface area contributed by atoms with E-state index in [-0.39, 0.29) is 5.91 Å². The standard InChI is InChI=1S/C25H36N4O/c1-21(2)28-17-19-29(20-18-28)24-13-11-22(12-14-24)25(30)26-15-7-8-16-27(3)23-9-5-4-6-10-23/h4-6,9-14,21H,7-8,15-20H2,1-3H3,(H,26,30). The van der Waals surface area contributed by atoms with Crippen LogP contribution in [0.2, 0.25) is 0 Å². The molecule has 1 saturated heterocycles. The van der Waals surface area contributed by atoms with Gasteiger partial charge in [-0.25, -0.2) is 0 Å². The maximum absolute atomic E-state index is 12.4. The molecule has 1 aliphatic rings. The summed E-state index contributed by atoms with van der Waals surface area (Å²) in [4.78, 5) is 19.6. The Morgan fingerprint density at radius 3 is 2.27 bits per heavy atom. The molecule has 1 fully saturated rings. The highest BCUT2D eigenvalue weighted by molar-refractivity contribution is 5.94. The highest BCUT2D eigenvalue weighted by Crippen LogP contribution is 2.18. The minimum Gasteiger partial charge on any atom is -0.375 e. The van der Waals surface area contributed by atoms with Gasteiger partial charge < -0.3 is 15.1 Å². The summed E-state index contributed by atoms with van der Waals surface area (Å²) in [5.41, 5.74) is 3.17. The van der Waals surface area contributed by atoms with Crippen LogP contribution in [0.5, 0.6) is 0 Å². The third kappa shape index (κ3) is 6.23. The molecular weight excluding hydrogens is 372 g/mol. The van der Waals surface area contributed by atoms with Gasteiger partial charge in [0, 0.05) is 69.3 Å². The van der Waals surface area contributed by atoms with Crippen molar-refractivity contribution in [3.05, 3.63) is 60.2 Å². The smallest absolute Gasteiger partial charge is 0.251 e. The minimum atomic E-state index is 0.0163. The summed E-state index contributed by atoms with van der Waals surface area (Å²) in [6.45, 7) is 10.5. The number of anilines is 2. The Bertz CT molecular complexity index is 767. The van der Waals surface area contributed by atoms with Crippen molar-refractivity contribution in [2.75, 3.05) is 56.1 Å². The molecule has 0 aliphatic carbocycles. The van der Waals surface area contributed by atoms with Gasteiger partial charge >= 0.3 is 0 Å². The number of nitrogens with one attached hydrogen (secondary N) is 1. The molecule has 30 heavy (non-hydrogen) atoms. The Hall–Kier alpha value is -2.53. The van der Waals surface area contributed by atoms with Gasteiger partial charge in [0.1, 0.15) is 0 Å². The van der Waals surface area contributed by atoms with E-state index in [0.29, 0.717) is 12.6 Å². The molecule has 5 heteroatoms. The lowest BCUT2D eigenvalue weighted by molar-refractivity contribution is 0.0953. The summed E-state index contributed by atoms with van der Waals surface area (Å²) < 4.78 is 0. The summed E-state index contributed by atoms with van der Waals surface area (Å²) >= 11 is 0. The van der Waals surface area contributed by atoms with Crippen LogP contribution in [-0.4, -0.2) is 63.2 Å². The van der Waals surface area contributed by atoms with E-state index in [2.05, 4.69) is 77.3 Å². The van der Waals surface area contributed by atoms with Crippen LogP contribution in [-0.2, 0) is 0 Å². The quantitative estimate of drug-likeness (QED) is 0.640. The van der Waals surface area contributed by atoms with Crippen molar-refractivity contribution in [3.8, 4) is 0 Å². The summed E-state index contributed by atoms with van der Waals surface area (Å²) in [5.74, 6) is 0.0163. The first kappa shape index (κ1) is 22.2. The number of carbonyl (C=O) groups excluding carboxylic acids is 1. The van der Waals surface area contributed by atoms with E-state index in [1.54, 1.807) is 0 Å². The first-order valence-corrected chi connectivity index (χ1v) is 11.2. The van der Waals surface area contributed by atoms with Crippen LogP contribution in [0.1, 0.15) is 37.0 Å². The van der Waals surface area contributed by atoms with Crippen molar-refractivity contribution in [1.82, 2.24) is 10.2 Å². The number of piperazine rings is 1. The highest BCUT2D eigenvalue weighted by Gasteiger charge is 2.19. The molecule has 0 unspecified atom stereocenters. The lowest BCUT2D eigenvalue weighted by atomic mass is 10.1. The molecule has 0 bridgehead atoms. The lowest BCUT2D eigenvalue weighted by Gasteiger charge is -2.38. The van der Waals surface area contributed by atoms with Crippen LogP contribution in [0.3, 0.4) is 0 Å². The first-order valence-electron chi connectivity index (χ1n) is 11.2. The van der Waals surface area contributed by atoms with E-state index < -0.39 is 0 Å². The van der Waals surface area contributed by atoms with E-state index in [9.17, 15) is 4.79 Å². The number of benzene rings is 2. The molecular formula is C25H36N4O. The molecule has 0 spiro atoms. The zero-order valence-corrected chi connectivity index (χ0v) is 18.7. The van der Waals surface area contributed by atoms with E-state index >= 15 is 0 Å². The summed E-state index contributed by atoms with van der Waals surface area (Å²) in [5, 5.41) is 3.05. The minimum absolute atomic E-state index is 0.0163. The lowest BCUT2D eigenvalue weighted by Crippen LogP contribution is -2.48. The van der Waals surface area contributed by atoms with Crippen LogP contribution >= 0.6 is 0 Å². The predicted molar refractivity (Wildman–Crippen MR) is 127 cm³/mol. The van der Waals surface area contributed by atoms with E-state index in [0.717, 1.165) is 51.1 Å². The van der Waals surface area contributed by atoms with Gasteiger partial charge in [0.25, 0.3) is 5.91 Å². The predicted octanol–water partition coefficient (Wildman–Crippen LogP) is 3.86. The topological polar surface area (TPSA) is 38.8 Å². The second-order valence-corrected chi connectivity index (χ2v) is 8.38. The Kier molecular flexibility index (Phi) is 8.14. The van der Waals surface area contributed by atoms with Crippen molar-refractivity contribution < 1.29 is 4.79 Å². The van der Waals surface area contributed by atoms with Gasteiger partial charge in [-0.3, -0.25) is 9.69 Å². The molecule has 0 radical (unpaired) electrons. The number of unbranched alkanes of at least 4 members (excludes halogenated alkanes) is 1. The normalized spacial score (nSPS) is 14.7. The number of nitrogens with zero attached hydrogens (tertiary/aromatic N) is 3.